The molecule has 0 bridgehead atoms. The smallest absolute Gasteiger partial charge is 0.350 e. The van der Waals surface area contributed by atoms with Crippen LogP contribution in [-0.4, -0.2) is 35.3 Å². The number of halogens is 4. The molecule has 1 saturated heterocycles. The minimum atomic E-state index is -4.43. The van der Waals surface area contributed by atoms with Crippen molar-refractivity contribution < 1.29 is 22.8 Å². The summed E-state index contributed by atoms with van der Waals surface area (Å²) < 4.78 is 38.3. The minimum Gasteiger partial charge on any atom is -0.350 e. The van der Waals surface area contributed by atoms with Crippen molar-refractivity contribution in [2.45, 2.75) is 38.5 Å². The molecule has 5 nitrogen and oxygen atoms in total. The summed E-state index contributed by atoms with van der Waals surface area (Å²) in [5, 5.41) is 2.79. The van der Waals surface area contributed by atoms with Crippen molar-refractivity contribution in [1.82, 2.24) is 10.2 Å². The third-order valence-electron chi connectivity index (χ3n) is 4.18. The number of hydrogen-bond acceptors (Lipinski definition) is 3. The summed E-state index contributed by atoms with van der Waals surface area (Å²) in [6.07, 6.45) is -4.38. The number of rotatable bonds is 5. The van der Waals surface area contributed by atoms with Gasteiger partial charge < -0.3 is 16.0 Å². The van der Waals surface area contributed by atoms with Crippen molar-refractivity contribution in [2.75, 3.05) is 13.1 Å². The summed E-state index contributed by atoms with van der Waals surface area (Å²) in [6, 6.07) is 4.86. The molecule has 1 aliphatic heterocycles. The summed E-state index contributed by atoms with van der Waals surface area (Å²) in [4.78, 5) is 25.8. The maximum atomic E-state index is 12.8. The predicted octanol–water partition coefficient (Wildman–Crippen LogP) is 2.33. The Morgan fingerprint density at radius 3 is 2.58 bits per heavy atom. The second-order valence-corrected chi connectivity index (χ2v) is 6.95. The van der Waals surface area contributed by atoms with E-state index in [1.165, 1.54) is 17.0 Å². The number of likely N-dealkylation sites (tertiary alicyclic amines) is 1. The van der Waals surface area contributed by atoms with Gasteiger partial charge in [0.25, 0.3) is 0 Å². The fourth-order valence-corrected chi connectivity index (χ4v) is 2.65. The van der Waals surface area contributed by atoms with E-state index in [4.69, 9.17) is 5.73 Å². The Bertz CT molecular complexity index is 665. The Morgan fingerprint density at radius 1 is 1.35 bits per heavy atom. The number of nitrogens with two attached hydrogens (primary N) is 1. The van der Waals surface area contributed by atoms with E-state index in [1.54, 1.807) is 13.8 Å². The Hall–Kier alpha value is -1.80. The molecule has 1 unspecified atom stereocenters. The van der Waals surface area contributed by atoms with E-state index in [0.29, 0.717) is 5.56 Å². The summed E-state index contributed by atoms with van der Waals surface area (Å²) in [5.41, 5.74) is 4.63. The molecule has 146 valence electrons. The molecule has 3 N–H and O–H groups in total. The van der Waals surface area contributed by atoms with Crippen molar-refractivity contribution >= 4 is 24.2 Å². The molecule has 0 spiro atoms. The van der Waals surface area contributed by atoms with Gasteiger partial charge in [0.2, 0.25) is 11.8 Å². The molecule has 1 aromatic rings. The second-order valence-electron chi connectivity index (χ2n) is 6.95. The molecule has 0 saturated carbocycles. The molecular formula is C17H23ClF3N3O2. The van der Waals surface area contributed by atoms with Gasteiger partial charge in [-0.25, -0.2) is 0 Å². The van der Waals surface area contributed by atoms with E-state index in [-0.39, 0.29) is 50.3 Å². The van der Waals surface area contributed by atoms with Crippen LogP contribution in [0.15, 0.2) is 24.3 Å². The Kier molecular flexibility index (Phi) is 7.07. The highest BCUT2D eigenvalue weighted by Crippen LogP contribution is 2.30. The first kappa shape index (κ1) is 22.2. The average molecular weight is 394 g/mol. The lowest BCUT2D eigenvalue weighted by molar-refractivity contribution is -0.137. The van der Waals surface area contributed by atoms with E-state index in [1.807, 2.05) is 0 Å². The van der Waals surface area contributed by atoms with E-state index in [9.17, 15) is 22.8 Å². The topological polar surface area (TPSA) is 75.4 Å². The predicted molar refractivity (Wildman–Crippen MR) is 93.5 cm³/mol. The van der Waals surface area contributed by atoms with Crippen molar-refractivity contribution in [3.05, 3.63) is 35.4 Å². The number of nitrogens with one attached hydrogen (secondary N) is 1. The lowest BCUT2D eigenvalue weighted by Gasteiger charge is -2.26. The van der Waals surface area contributed by atoms with Crippen LogP contribution in [0.1, 0.15) is 31.4 Å². The van der Waals surface area contributed by atoms with Crippen LogP contribution in [0.3, 0.4) is 0 Å². The van der Waals surface area contributed by atoms with Crippen LogP contribution in [0.2, 0.25) is 0 Å². The first-order chi connectivity index (χ1) is 11.5. The number of hydrogen-bond donors (Lipinski definition) is 2. The van der Waals surface area contributed by atoms with Gasteiger partial charge in [0, 0.05) is 31.6 Å². The average Bonchev–Trinajstić information content (AvgIpc) is 2.87. The number of carbonyl (C=O) groups excluding carboxylic acids is 2. The zero-order chi connectivity index (χ0) is 18.8. The van der Waals surface area contributed by atoms with Crippen molar-refractivity contribution in [2.24, 2.45) is 11.7 Å². The van der Waals surface area contributed by atoms with Gasteiger partial charge in [0.15, 0.2) is 0 Å². The lowest BCUT2D eigenvalue weighted by Crippen LogP contribution is -2.51. The van der Waals surface area contributed by atoms with E-state index < -0.39 is 23.2 Å². The molecule has 0 aliphatic carbocycles. The monoisotopic (exact) mass is 393 g/mol. The molecule has 2 amide bonds. The standard InChI is InChI=1S/C17H22F3N3O2.ClH/c1-16(2,10-21)22-15(25)12-7-14(24)23(9-12)8-11-4-3-5-13(6-11)17(18,19)20;/h3-6,12H,7-10,21H2,1-2H3,(H,22,25);1H. The summed E-state index contributed by atoms with van der Waals surface area (Å²) in [7, 11) is 0. The van der Waals surface area contributed by atoms with Crippen molar-refractivity contribution in [1.29, 1.82) is 0 Å². The van der Waals surface area contributed by atoms with E-state index in [2.05, 4.69) is 5.32 Å². The number of carbonyl (C=O) groups is 2. The molecule has 1 fully saturated rings. The SMILES string of the molecule is CC(C)(CN)NC(=O)C1CC(=O)N(Cc2cccc(C(F)(F)F)c2)C1.Cl. The quantitative estimate of drug-likeness (QED) is 0.806. The number of amides is 2. The zero-order valence-electron chi connectivity index (χ0n) is 14.6. The van der Waals surface area contributed by atoms with Gasteiger partial charge >= 0.3 is 6.18 Å². The Labute approximate surface area is 156 Å². The molecule has 1 atom stereocenters. The molecule has 1 aromatic carbocycles. The number of nitrogens with zero attached hydrogens (tertiary/aromatic N) is 1. The molecule has 26 heavy (non-hydrogen) atoms. The van der Waals surface area contributed by atoms with Crippen LogP contribution < -0.4 is 11.1 Å². The molecular weight excluding hydrogens is 371 g/mol. The van der Waals surface area contributed by atoms with Gasteiger partial charge in [0.1, 0.15) is 0 Å². The molecule has 9 heteroatoms. The van der Waals surface area contributed by atoms with Crippen LogP contribution in [0.5, 0.6) is 0 Å². The van der Waals surface area contributed by atoms with Gasteiger partial charge in [-0.3, -0.25) is 9.59 Å². The molecule has 1 heterocycles. The van der Waals surface area contributed by atoms with Crippen LogP contribution in [0.25, 0.3) is 0 Å². The summed E-state index contributed by atoms with van der Waals surface area (Å²) in [5.74, 6) is -1.04. The molecule has 0 radical (unpaired) electrons. The van der Waals surface area contributed by atoms with Crippen molar-refractivity contribution in [3.63, 3.8) is 0 Å². The maximum Gasteiger partial charge on any atom is 0.416 e. The third kappa shape index (κ3) is 5.60. The zero-order valence-corrected chi connectivity index (χ0v) is 15.4. The largest absolute Gasteiger partial charge is 0.416 e. The van der Waals surface area contributed by atoms with Gasteiger partial charge in [-0.05, 0) is 31.5 Å². The fraction of sp³-hybridized carbons (Fsp3) is 0.529. The number of benzene rings is 1. The second kappa shape index (κ2) is 8.26. The van der Waals surface area contributed by atoms with Crippen LogP contribution in [-0.2, 0) is 22.3 Å². The highest BCUT2D eigenvalue weighted by atomic mass is 35.5. The van der Waals surface area contributed by atoms with Gasteiger partial charge in [-0.15, -0.1) is 12.4 Å². The van der Waals surface area contributed by atoms with Crippen LogP contribution in [0, 0.1) is 5.92 Å². The minimum absolute atomic E-state index is 0. The van der Waals surface area contributed by atoms with Crippen molar-refractivity contribution in [3.8, 4) is 0 Å². The van der Waals surface area contributed by atoms with Gasteiger partial charge in [0.05, 0.1) is 11.5 Å². The fourth-order valence-electron chi connectivity index (χ4n) is 2.65. The third-order valence-corrected chi connectivity index (χ3v) is 4.18. The highest BCUT2D eigenvalue weighted by Gasteiger charge is 2.36. The molecule has 1 aliphatic rings. The van der Waals surface area contributed by atoms with Gasteiger partial charge in [-0.2, -0.15) is 13.2 Å². The van der Waals surface area contributed by atoms with Gasteiger partial charge in [-0.1, -0.05) is 12.1 Å². The highest BCUT2D eigenvalue weighted by molar-refractivity contribution is 5.89. The summed E-state index contributed by atoms with van der Waals surface area (Å²) >= 11 is 0. The molecule has 2 rings (SSSR count). The summed E-state index contributed by atoms with van der Waals surface area (Å²) in [6.45, 7) is 4.05. The van der Waals surface area contributed by atoms with E-state index in [0.717, 1.165) is 12.1 Å². The maximum absolute atomic E-state index is 12.8. The lowest BCUT2D eigenvalue weighted by atomic mass is 10.0. The Morgan fingerprint density at radius 2 is 2.00 bits per heavy atom. The number of alkyl halides is 3. The van der Waals surface area contributed by atoms with Crippen LogP contribution in [0.4, 0.5) is 13.2 Å². The first-order valence-electron chi connectivity index (χ1n) is 7.98. The Balaban J connectivity index is 0.00000338. The normalized spacial score (nSPS) is 17.8. The molecule has 0 aromatic heterocycles. The first-order valence-corrected chi connectivity index (χ1v) is 7.98. The van der Waals surface area contributed by atoms with Crippen LogP contribution >= 0.6 is 12.4 Å². The van der Waals surface area contributed by atoms with E-state index >= 15 is 0 Å².